The number of carbonyl (C=O) groups excluding carboxylic acids is 1. The van der Waals surface area contributed by atoms with E-state index >= 15 is 0 Å². The van der Waals surface area contributed by atoms with Gasteiger partial charge in [0.25, 0.3) is 0 Å². The number of rotatable bonds is 2. The zero-order chi connectivity index (χ0) is 9.84. The Morgan fingerprint density at radius 1 is 1.38 bits per heavy atom. The molecule has 1 aromatic carbocycles. The standard InChI is InChI=1S/C10H13NO2/c1-7-3-5-9(6-4-7)13-10(12)8(2)11/h3-6,8H,11H2,1-2H3. The zero-order valence-corrected chi connectivity index (χ0v) is 7.78. The maximum Gasteiger partial charge on any atom is 0.328 e. The number of carbonyl (C=O) groups is 1. The number of aryl methyl sites for hydroxylation is 1. The molecule has 70 valence electrons. The van der Waals surface area contributed by atoms with E-state index in [9.17, 15) is 4.79 Å². The highest BCUT2D eigenvalue weighted by Gasteiger charge is 2.09. The molecule has 0 spiro atoms. The van der Waals surface area contributed by atoms with E-state index in [0.717, 1.165) is 5.56 Å². The zero-order valence-electron chi connectivity index (χ0n) is 7.78. The van der Waals surface area contributed by atoms with Gasteiger partial charge in [-0.05, 0) is 26.0 Å². The van der Waals surface area contributed by atoms with Gasteiger partial charge in [-0.25, -0.2) is 4.79 Å². The van der Waals surface area contributed by atoms with Crippen LogP contribution in [-0.4, -0.2) is 12.0 Å². The Labute approximate surface area is 77.5 Å². The van der Waals surface area contributed by atoms with Crippen molar-refractivity contribution in [2.24, 2.45) is 5.73 Å². The molecule has 2 N–H and O–H groups in total. The van der Waals surface area contributed by atoms with Gasteiger partial charge in [0.2, 0.25) is 0 Å². The SMILES string of the molecule is Cc1ccc(OC(=O)C(C)N)cc1. The summed E-state index contributed by atoms with van der Waals surface area (Å²) in [6.45, 7) is 3.56. The smallest absolute Gasteiger partial charge is 0.328 e. The van der Waals surface area contributed by atoms with Crippen LogP contribution in [0.15, 0.2) is 24.3 Å². The maximum absolute atomic E-state index is 11.0. The molecule has 0 saturated carbocycles. The summed E-state index contributed by atoms with van der Waals surface area (Å²) in [5, 5.41) is 0. The molecule has 3 nitrogen and oxygen atoms in total. The van der Waals surface area contributed by atoms with Crippen molar-refractivity contribution in [1.82, 2.24) is 0 Å². The van der Waals surface area contributed by atoms with Gasteiger partial charge in [-0.15, -0.1) is 0 Å². The van der Waals surface area contributed by atoms with E-state index in [1.54, 1.807) is 19.1 Å². The maximum atomic E-state index is 11.0. The fraction of sp³-hybridized carbons (Fsp3) is 0.300. The van der Waals surface area contributed by atoms with Crippen molar-refractivity contribution in [2.45, 2.75) is 19.9 Å². The van der Waals surface area contributed by atoms with Crippen LogP contribution < -0.4 is 10.5 Å². The number of hydrogen-bond acceptors (Lipinski definition) is 3. The average Bonchev–Trinajstić information content (AvgIpc) is 2.08. The van der Waals surface area contributed by atoms with Gasteiger partial charge in [0.15, 0.2) is 0 Å². The molecular weight excluding hydrogens is 166 g/mol. The minimum Gasteiger partial charge on any atom is -0.425 e. The molecule has 1 atom stereocenters. The summed E-state index contributed by atoms with van der Waals surface area (Å²) in [5.41, 5.74) is 6.46. The summed E-state index contributed by atoms with van der Waals surface area (Å²) in [5.74, 6) is 0.122. The van der Waals surface area contributed by atoms with Crippen molar-refractivity contribution in [2.75, 3.05) is 0 Å². The third-order valence-electron chi connectivity index (χ3n) is 1.61. The summed E-state index contributed by atoms with van der Waals surface area (Å²) < 4.78 is 4.97. The van der Waals surface area contributed by atoms with Gasteiger partial charge >= 0.3 is 5.97 Å². The third-order valence-corrected chi connectivity index (χ3v) is 1.61. The Kier molecular flexibility index (Phi) is 3.03. The largest absolute Gasteiger partial charge is 0.425 e. The van der Waals surface area contributed by atoms with E-state index in [1.165, 1.54) is 0 Å². The molecule has 0 amide bonds. The fourth-order valence-corrected chi connectivity index (χ4v) is 0.815. The molecule has 0 aliphatic rings. The number of benzene rings is 1. The Bertz CT molecular complexity index is 290. The lowest BCUT2D eigenvalue weighted by atomic mass is 10.2. The monoisotopic (exact) mass is 179 g/mol. The van der Waals surface area contributed by atoms with Crippen LogP contribution in [0, 0.1) is 6.92 Å². The second-order valence-electron chi connectivity index (χ2n) is 3.02. The van der Waals surface area contributed by atoms with Crippen molar-refractivity contribution < 1.29 is 9.53 Å². The van der Waals surface area contributed by atoms with E-state index in [0.29, 0.717) is 5.75 Å². The lowest BCUT2D eigenvalue weighted by molar-refractivity contribution is -0.135. The molecule has 1 rings (SSSR count). The number of hydrogen-bond donors (Lipinski definition) is 1. The predicted molar refractivity (Wildman–Crippen MR) is 50.5 cm³/mol. The molecule has 0 bridgehead atoms. The molecule has 1 unspecified atom stereocenters. The molecule has 0 radical (unpaired) electrons. The molecule has 0 saturated heterocycles. The van der Waals surface area contributed by atoms with Gasteiger partial charge in [-0.3, -0.25) is 0 Å². The lowest BCUT2D eigenvalue weighted by Crippen LogP contribution is -2.30. The quantitative estimate of drug-likeness (QED) is 0.549. The first-order valence-corrected chi connectivity index (χ1v) is 4.13. The Hall–Kier alpha value is -1.35. The Morgan fingerprint density at radius 3 is 2.38 bits per heavy atom. The Morgan fingerprint density at radius 2 is 1.92 bits per heavy atom. The second kappa shape index (κ2) is 4.05. The summed E-state index contributed by atoms with van der Waals surface area (Å²) >= 11 is 0. The van der Waals surface area contributed by atoms with E-state index in [-0.39, 0.29) is 0 Å². The van der Waals surface area contributed by atoms with Crippen molar-refractivity contribution >= 4 is 5.97 Å². The summed E-state index contributed by atoms with van der Waals surface area (Å²) in [7, 11) is 0. The molecule has 0 aliphatic carbocycles. The van der Waals surface area contributed by atoms with E-state index in [2.05, 4.69) is 0 Å². The van der Waals surface area contributed by atoms with Gasteiger partial charge in [0.1, 0.15) is 11.8 Å². The number of nitrogens with two attached hydrogens (primary N) is 1. The van der Waals surface area contributed by atoms with Crippen LogP contribution in [0.25, 0.3) is 0 Å². The number of ether oxygens (including phenoxy) is 1. The van der Waals surface area contributed by atoms with Gasteiger partial charge in [0, 0.05) is 0 Å². The highest BCUT2D eigenvalue weighted by molar-refractivity contribution is 5.77. The van der Waals surface area contributed by atoms with Crippen molar-refractivity contribution in [3.8, 4) is 5.75 Å². The van der Waals surface area contributed by atoms with Crippen molar-refractivity contribution in [3.63, 3.8) is 0 Å². The molecule has 13 heavy (non-hydrogen) atoms. The van der Waals surface area contributed by atoms with Crippen LogP contribution in [0.5, 0.6) is 5.75 Å². The second-order valence-corrected chi connectivity index (χ2v) is 3.02. The summed E-state index contributed by atoms with van der Waals surface area (Å²) in [6.07, 6.45) is 0. The first-order valence-electron chi connectivity index (χ1n) is 4.13. The predicted octanol–water partition coefficient (Wildman–Crippen LogP) is 1.25. The lowest BCUT2D eigenvalue weighted by Gasteiger charge is -2.06. The molecule has 0 fully saturated rings. The van der Waals surface area contributed by atoms with Crippen LogP contribution in [0.3, 0.4) is 0 Å². The first-order chi connectivity index (χ1) is 6.09. The molecule has 1 aromatic rings. The highest BCUT2D eigenvalue weighted by Crippen LogP contribution is 2.11. The third kappa shape index (κ3) is 2.87. The normalized spacial score (nSPS) is 12.2. The van der Waals surface area contributed by atoms with Crippen molar-refractivity contribution in [3.05, 3.63) is 29.8 Å². The van der Waals surface area contributed by atoms with E-state index in [4.69, 9.17) is 10.5 Å². The van der Waals surface area contributed by atoms with Crippen LogP contribution in [0.1, 0.15) is 12.5 Å². The molecule has 0 aliphatic heterocycles. The fourth-order valence-electron chi connectivity index (χ4n) is 0.815. The summed E-state index contributed by atoms with van der Waals surface area (Å²) in [4.78, 5) is 11.0. The first kappa shape index (κ1) is 9.74. The van der Waals surface area contributed by atoms with E-state index in [1.807, 2.05) is 19.1 Å². The van der Waals surface area contributed by atoms with Crippen molar-refractivity contribution in [1.29, 1.82) is 0 Å². The molecule has 0 heterocycles. The molecule has 3 heteroatoms. The highest BCUT2D eigenvalue weighted by atomic mass is 16.5. The minimum absolute atomic E-state index is 0.413. The van der Waals surface area contributed by atoms with E-state index < -0.39 is 12.0 Å². The van der Waals surface area contributed by atoms with Gasteiger partial charge in [-0.1, -0.05) is 17.7 Å². The minimum atomic E-state index is -0.582. The van der Waals surface area contributed by atoms with Gasteiger partial charge in [-0.2, -0.15) is 0 Å². The average molecular weight is 179 g/mol. The number of esters is 1. The van der Waals surface area contributed by atoms with Crippen LogP contribution in [0.2, 0.25) is 0 Å². The van der Waals surface area contributed by atoms with Gasteiger partial charge in [0.05, 0.1) is 0 Å². The van der Waals surface area contributed by atoms with Gasteiger partial charge < -0.3 is 10.5 Å². The molecule has 0 aromatic heterocycles. The summed E-state index contributed by atoms with van der Waals surface area (Å²) in [6, 6.07) is 6.67. The topological polar surface area (TPSA) is 52.3 Å². The van der Waals surface area contributed by atoms with Crippen LogP contribution >= 0.6 is 0 Å². The van der Waals surface area contributed by atoms with Crippen LogP contribution in [-0.2, 0) is 4.79 Å². The Balaban J connectivity index is 2.65. The van der Waals surface area contributed by atoms with Crippen LogP contribution in [0.4, 0.5) is 0 Å². The molecular formula is C10H13NO2.